The summed E-state index contributed by atoms with van der Waals surface area (Å²) in [6, 6.07) is 14.5. The van der Waals surface area contributed by atoms with Gasteiger partial charge in [0.25, 0.3) is 0 Å². The van der Waals surface area contributed by atoms with E-state index in [1.807, 2.05) is 26.2 Å². The van der Waals surface area contributed by atoms with E-state index in [1.165, 1.54) is 5.56 Å². The third-order valence-electron chi connectivity index (χ3n) is 7.20. The molecule has 2 aromatic rings. The first kappa shape index (κ1) is 21.8. The van der Waals surface area contributed by atoms with Crippen LogP contribution in [0.15, 0.2) is 42.5 Å². The molecule has 1 fully saturated rings. The Bertz CT molecular complexity index is 920. The Morgan fingerprint density at radius 1 is 1.03 bits per heavy atom. The number of benzene rings is 2. The summed E-state index contributed by atoms with van der Waals surface area (Å²) >= 11 is 0. The van der Waals surface area contributed by atoms with Crippen molar-refractivity contribution < 1.29 is 14.3 Å². The van der Waals surface area contributed by atoms with Crippen LogP contribution < -0.4 is 9.47 Å². The first-order valence-electron chi connectivity index (χ1n) is 11.2. The minimum Gasteiger partial charge on any atom is -0.493 e. The SMILES string of the molecule is COc1cc2c(cc1OC)C(=O)C(CC1CCN(Cc3ccccc3)CC1)(N(C)C)C2. The predicted molar refractivity (Wildman–Crippen MR) is 123 cm³/mol. The Morgan fingerprint density at radius 2 is 1.68 bits per heavy atom. The molecule has 1 atom stereocenters. The van der Waals surface area contributed by atoms with E-state index in [4.69, 9.17) is 9.47 Å². The van der Waals surface area contributed by atoms with Crippen molar-refractivity contribution in [1.29, 1.82) is 0 Å². The average molecular weight is 423 g/mol. The number of rotatable bonds is 7. The molecule has 2 aromatic carbocycles. The average Bonchev–Trinajstić information content (AvgIpc) is 3.06. The normalized spacial score (nSPS) is 22.0. The van der Waals surface area contributed by atoms with Gasteiger partial charge in [-0.2, -0.15) is 0 Å². The number of hydrogen-bond donors (Lipinski definition) is 0. The van der Waals surface area contributed by atoms with Crippen LogP contribution in [0.1, 0.15) is 40.7 Å². The summed E-state index contributed by atoms with van der Waals surface area (Å²) in [5, 5.41) is 0. The largest absolute Gasteiger partial charge is 0.493 e. The van der Waals surface area contributed by atoms with Gasteiger partial charge in [0, 0.05) is 12.1 Å². The van der Waals surface area contributed by atoms with Crippen molar-refractivity contribution in [2.45, 2.75) is 37.8 Å². The highest BCUT2D eigenvalue weighted by atomic mass is 16.5. The van der Waals surface area contributed by atoms with Crippen molar-refractivity contribution in [2.24, 2.45) is 5.92 Å². The molecule has 0 aromatic heterocycles. The van der Waals surface area contributed by atoms with E-state index < -0.39 is 5.54 Å². The highest BCUT2D eigenvalue weighted by Gasteiger charge is 2.49. The Morgan fingerprint density at radius 3 is 2.29 bits per heavy atom. The summed E-state index contributed by atoms with van der Waals surface area (Å²) in [4.78, 5) is 18.3. The Balaban J connectivity index is 1.47. The van der Waals surface area contributed by atoms with Crippen LogP contribution in [-0.4, -0.2) is 62.5 Å². The van der Waals surface area contributed by atoms with Gasteiger partial charge in [-0.25, -0.2) is 0 Å². The molecule has 0 N–H and O–H groups in total. The lowest BCUT2D eigenvalue weighted by Crippen LogP contribution is -2.51. The van der Waals surface area contributed by atoms with Gasteiger partial charge in [-0.15, -0.1) is 0 Å². The molecule has 5 nitrogen and oxygen atoms in total. The highest BCUT2D eigenvalue weighted by Crippen LogP contribution is 2.43. The fourth-order valence-corrected chi connectivity index (χ4v) is 5.30. The van der Waals surface area contributed by atoms with Gasteiger partial charge in [0.05, 0.1) is 19.8 Å². The molecule has 0 radical (unpaired) electrons. The van der Waals surface area contributed by atoms with Gasteiger partial charge in [-0.1, -0.05) is 30.3 Å². The predicted octanol–water partition coefficient (Wildman–Crippen LogP) is 4.05. The van der Waals surface area contributed by atoms with Gasteiger partial charge in [-0.05, 0) is 82.0 Å². The maximum absolute atomic E-state index is 13.7. The van der Waals surface area contributed by atoms with Crippen LogP contribution in [-0.2, 0) is 13.0 Å². The second-order valence-electron chi connectivity index (χ2n) is 9.21. The van der Waals surface area contributed by atoms with E-state index in [9.17, 15) is 4.79 Å². The van der Waals surface area contributed by atoms with Gasteiger partial charge in [0.15, 0.2) is 17.3 Å². The van der Waals surface area contributed by atoms with Crippen molar-refractivity contribution in [2.75, 3.05) is 41.4 Å². The van der Waals surface area contributed by atoms with Gasteiger partial charge in [0.2, 0.25) is 0 Å². The van der Waals surface area contributed by atoms with Gasteiger partial charge in [-0.3, -0.25) is 14.6 Å². The zero-order valence-electron chi connectivity index (χ0n) is 19.2. The summed E-state index contributed by atoms with van der Waals surface area (Å²) in [6.07, 6.45) is 3.91. The Labute approximate surface area is 185 Å². The third-order valence-corrected chi connectivity index (χ3v) is 7.20. The molecule has 4 rings (SSSR count). The smallest absolute Gasteiger partial charge is 0.183 e. The summed E-state index contributed by atoms with van der Waals surface area (Å²) in [6.45, 7) is 3.19. The number of methoxy groups -OCH3 is 2. The lowest BCUT2D eigenvalue weighted by molar-refractivity contribution is 0.0581. The van der Waals surface area contributed by atoms with Crippen LogP contribution in [0.3, 0.4) is 0 Å². The molecular formula is C26H34N2O3. The number of ketones is 1. The number of nitrogens with zero attached hydrogens (tertiary/aromatic N) is 2. The molecule has 1 unspecified atom stereocenters. The molecule has 166 valence electrons. The molecule has 1 saturated heterocycles. The van der Waals surface area contributed by atoms with E-state index in [0.717, 1.165) is 56.4 Å². The van der Waals surface area contributed by atoms with E-state index in [2.05, 4.69) is 40.1 Å². The van der Waals surface area contributed by atoms with E-state index in [-0.39, 0.29) is 5.78 Å². The number of hydrogen-bond acceptors (Lipinski definition) is 5. The maximum Gasteiger partial charge on any atom is 0.183 e. The van der Waals surface area contributed by atoms with E-state index >= 15 is 0 Å². The quantitative estimate of drug-likeness (QED) is 0.674. The van der Waals surface area contributed by atoms with Crippen LogP contribution in [0.25, 0.3) is 0 Å². The van der Waals surface area contributed by atoms with Crippen molar-refractivity contribution in [3.8, 4) is 11.5 Å². The first-order chi connectivity index (χ1) is 15.0. The highest BCUT2D eigenvalue weighted by molar-refractivity contribution is 6.08. The van der Waals surface area contributed by atoms with E-state index in [1.54, 1.807) is 14.2 Å². The molecule has 1 heterocycles. The summed E-state index contributed by atoms with van der Waals surface area (Å²) in [7, 11) is 7.35. The van der Waals surface area contributed by atoms with Crippen molar-refractivity contribution in [3.63, 3.8) is 0 Å². The number of fused-ring (bicyclic) bond motifs is 1. The molecule has 31 heavy (non-hydrogen) atoms. The second kappa shape index (κ2) is 9.01. The van der Waals surface area contributed by atoms with Gasteiger partial charge < -0.3 is 9.47 Å². The van der Waals surface area contributed by atoms with E-state index in [0.29, 0.717) is 17.4 Å². The lowest BCUT2D eigenvalue weighted by Gasteiger charge is -2.40. The number of carbonyl (C=O) groups is 1. The zero-order valence-corrected chi connectivity index (χ0v) is 19.2. The van der Waals surface area contributed by atoms with Crippen LogP contribution in [0, 0.1) is 5.92 Å². The zero-order chi connectivity index (χ0) is 22.0. The fraction of sp³-hybridized carbons (Fsp3) is 0.500. The molecule has 1 aliphatic heterocycles. The number of Topliss-reactive ketones (excluding diaryl/α,β-unsaturated/α-hetero) is 1. The van der Waals surface area contributed by atoms with Crippen LogP contribution >= 0.6 is 0 Å². The minimum absolute atomic E-state index is 0.222. The minimum atomic E-state index is -0.480. The molecule has 0 saturated carbocycles. The Kier molecular flexibility index (Phi) is 6.35. The topological polar surface area (TPSA) is 42.0 Å². The first-order valence-corrected chi connectivity index (χ1v) is 11.2. The number of likely N-dealkylation sites (N-methyl/N-ethyl adjacent to an activating group) is 1. The molecule has 0 spiro atoms. The van der Waals surface area contributed by atoms with Gasteiger partial charge >= 0.3 is 0 Å². The number of likely N-dealkylation sites (tertiary alicyclic amines) is 1. The van der Waals surface area contributed by atoms with Crippen molar-refractivity contribution >= 4 is 5.78 Å². The monoisotopic (exact) mass is 422 g/mol. The summed E-state index contributed by atoms with van der Waals surface area (Å²) in [5.74, 6) is 2.09. The maximum atomic E-state index is 13.7. The van der Waals surface area contributed by atoms with Crippen molar-refractivity contribution in [1.82, 2.24) is 9.80 Å². The molecule has 1 aliphatic carbocycles. The third kappa shape index (κ3) is 4.21. The number of carbonyl (C=O) groups excluding carboxylic acids is 1. The van der Waals surface area contributed by atoms with Crippen LogP contribution in [0.4, 0.5) is 0 Å². The molecule has 0 amide bonds. The molecule has 5 heteroatoms. The van der Waals surface area contributed by atoms with Crippen LogP contribution in [0.5, 0.6) is 11.5 Å². The number of piperidine rings is 1. The van der Waals surface area contributed by atoms with Gasteiger partial charge in [0.1, 0.15) is 0 Å². The summed E-state index contributed by atoms with van der Waals surface area (Å²) < 4.78 is 10.9. The molecule has 2 aliphatic rings. The Hall–Kier alpha value is -2.37. The van der Waals surface area contributed by atoms with Crippen LogP contribution in [0.2, 0.25) is 0 Å². The molecular weight excluding hydrogens is 388 g/mol. The van der Waals surface area contributed by atoms with Crippen molar-refractivity contribution in [3.05, 3.63) is 59.2 Å². The molecule has 0 bridgehead atoms. The standard InChI is InChI=1S/C26H34N2O3/c1-27(2)26(17-21-14-23(30-3)24(31-4)15-22(21)25(26)29)16-19-10-12-28(13-11-19)18-20-8-6-5-7-9-20/h5-9,14-15,19H,10-13,16-18H2,1-4H3. The number of ether oxygens (including phenoxy) is 2. The fourth-order valence-electron chi connectivity index (χ4n) is 5.30. The summed E-state index contributed by atoms with van der Waals surface area (Å²) in [5.41, 5.74) is 2.74. The second-order valence-corrected chi connectivity index (χ2v) is 9.21. The lowest BCUT2D eigenvalue weighted by atomic mass is 9.79.